The molecule has 0 atom stereocenters. The van der Waals surface area contributed by atoms with Crippen LogP contribution in [0.2, 0.25) is 0 Å². The number of hydrogen-bond acceptors (Lipinski definition) is 3. The molecular formula is C40H37F6N3O3. The molecule has 2 aliphatic rings. The van der Waals surface area contributed by atoms with Crippen molar-refractivity contribution in [2.45, 2.75) is 49.9 Å². The summed E-state index contributed by atoms with van der Waals surface area (Å²) in [5.74, 6) is -1.47. The van der Waals surface area contributed by atoms with Crippen molar-refractivity contribution in [2.24, 2.45) is 5.92 Å². The summed E-state index contributed by atoms with van der Waals surface area (Å²) in [6.07, 6.45) is -7.00. The van der Waals surface area contributed by atoms with Gasteiger partial charge in [-0.15, -0.1) is 0 Å². The second-order valence-corrected chi connectivity index (χ2v) is 13.2. The number of piperidine rings is 1. The van der Waals surface area contributed by atoms with Gasteiger partial charge in [0, 0.05) is 31.1 Å². The fourth-order valence-electron chi connectivity index (χ4n) is 7.43. The van der Waals surface area contributed by atoms with E-state index >= 15 is 0 Å². The molecule has 2 N–H and O–H groups in total. The predicted octanol–water partition coefficient (Wildman–Crippen LogP) is 8.16. The Kier molecular flexibility index (Phi) is 10.5. The molecule has 1 heterocycles. The zero-order chi connectivity index (χ0) is 37.1. The van der Waals surface area contributed by atoms with Gasteiger partial charge in [0.1, 0.15) is 12.0 Å². The number of nitrogens with zero attached hydrogens (tertiary/aromatic N) is 1. The van der Waals surface area contributed by atoms with Gasteiger partial charge in [0.05, 0.1) is 5.56 Å². The molecule has 0 spiro atoms. The second-order valence-electron chi connectivity index (χ2n) is 13.2. The number of amides is 3. The van der Waals surface area contributed by atoms with E-state index in [2.05, 4.69) is 10.6 Å². The maximum absolute atomic E-state index is 13.7. The second kappa shape index (κ2) is 14.8. The lowest BCUT2D eigenvalue weighted by Crippen LogP contribution is -2.47. The van der Waals surface area contributed by atoms with E-state index in [0.717, 1.165) is 23.3 Å². The van der Waals surface area contributed by atoms with Crippen molar-refractivity contribution in [1.82, 2.24) is 15.5 Å². The summed E-state index contributed by atoms with van der Waals surface area (Å²) >= 11 is 0. The van der Waals surface area contributed by atoms with Crippen LogP contribution in [0.1, 0.15) is 59.2 Å². The summed E-state index contributed by atoms with van der Waals surface area (Å²) in [6, 6.07) is 25.9. The van der Waals surface area contributed by atoms with Gasteiger partial charge in [-0.1, -0.05) is 78.9 Å². The minimum Gasteiger partial charge on any atom is -0.356 e. The van der Waals surface area contributed by atoms with Gasteiger partial charge in [0.2, 0.25) is 11.8 Å². The molecule has 3 amide bonds. The maximum Gasteiger partial charge on any atom is 0.416 e. The topological polar surface area (TPSA) is 78.5 Å². The van der Waals surface area contributed by atoms with Crippen LogP contribution in [0.25, 0.3) is 22.3 Å². The van der Waals surface area contributed by atoms with Crippen LogP contribution in [0.3, 0.4) is 0 Å². The summed E-state index contributed by atoms with van der Waals surface area (Å²) in [4.78, 5) is 42.0. The Hall–Kier alpha value is -5.13. The van der Waals surface area contributed by atoms with E-state index in [1.165, 1.54) is 12.1 Å². The molecule has 6 rings (SSSR count). The Bertz CT molecular complexity index is 1890. The average Bonchev–Trinajstić information content (AvgIpc) is 3.43. The molecule has 1 saturated heterocycles. The SMILES string of the molecule is O=C(NCCCCC1(C(=O)NCC(F)(F)F)c2ccccc2-c2ccccc21)C1CCN(C(=O)c2ccccc2-c2ccc(C(F)(F)F)cc2)CC1. The zero-order valence-electron chi connectivity index (χ0n) is 28.1. The minimum absolute atomic E-state index is 0.161. The highest BCUT2D eigenvalue weighted by molar-refractivity contribution is 6.01. The van der Waals surface area contributed by atoms with E-state index < -0.39 is 35.8 Å². The number of halogens is 6. The molecule has 4 aromatic carbocycles. The first-order chi connectivity index (χ1) is 24.8. The lowest BCUT2D eigenvalue weighted by Gasteiger charge is -2.32. The first-order valence-corrected chi connectivity index (χ1v) is 17.2. The number of unbranched alkanes of at least 4 members (excludes halogenated alkanes) is 1. The van der Waals surface area contributed by atoms with Gasteiger partial charge >= 0.3 is 12.4 Å². The fourth-order valence-corrected chi connectivity index (χ4v) is 7.43. The smallest absolute Gasteiger partial charge is 0.356 e. The van der Waals surface area contributed by atoms with Crippen molar-refractivity contribution in [2.75, 3.05) is 26.2 Å². The number of fused-ring (bicyclic) bond motifs is 3. The Morgan fingerprint density at radius 1 is 0.692 bits per heavy atom. The van der Waals surface area contributed by atoms with E-state index in [1.807, 2.05) is 24.3 Å². The van der Waals surface area contributed by atoms with E-state index in [4.69, 9.17) is 0 Å². The van der Waals surface area contributed by atoms with Crippen LogP contribution in [-0.2, 0) is 21.2 Å². The number of benzene rings is 4. The first kappa shape index (κ1) is 36.7. The van der Waals surface area contributed by atoms with E-state index in [1.54, 1.807) is 53.4 Å². The molecule has 0 bridgehead atoms. The van der Waals surface area contributed by atoms with Gasteiger partial charge in [-0.25, -0.2) is 0 Å². The molecular weight excluding hydrogens is 684 g/mol. The van der Waals surface area contributed by atoms with Gasteiger partial charge < -0.3 is 15.5 Å². The quantitative estimate of drug-likeness (QED) is 0.128. The third-order valence-corrected chi connectivity index (χ3v) is 10.0. The fraction of sp³-hybridized carbons (Fsp3) is 0.325. The normalized spacial score (nSPS) is 15.5. The average molecular weight is 722 g/mol. The highest BCUT2D eigenvalue weighted by atomic mass is 19.4. The van der Waals surface area contributed by atoms with Crippen molar-refractivity contribution in [3.63, 3.8) is 0 Å². The third-order valence-electron chi connectivity index (χ3n) is 10.0. The molecule has 0 saturated carbocycles. The summed E-state index contributed by atoms with van der Waals surface area (Å²) in [5.41, 5.74) is 2.21. The van der Waals surface area contributed by atoms with E-state index in [0.29, 0.717) is 73.1 Å². The van der Waals surface area contributed by atoms with Crippen molar-refractivity contribution < 1.29 is 40.7 Å². The molecule has 0 radical (unpaired) electrons. The molecule has 4 aromatic rings. The molecule has 12 heteroatoms. The van der Waals surface area contributed by atoms with Gasteiger partial charge in [0.15, 0.2) is 0 Å². The van der Waals surface area contributed by atoms with Gasteiger partial charge in [-0.3, -0.25) is 14.4 Å². The summed E-state index contributed by atoms with van der Waals surface area (Å²) < 4.78 is 78.7. The molecule has 1 aliphatic carbocycles. The molecule has 0 unspecified atom stereocenters. The van der Waals surface area contributed by atoms with Crippen LogP contribution >= 0.6 is 0 Å². The first-order valence-electron chi connectivity index (χ1n) is 17.2. The number of alkyl halides is 6. The van der Waals surface area contributed by atoms with Gasteiger partial charge in [0.25, 0.3) is 5.91 Å². The Labute approximate surface area is 297 Å². The van der Waals surface area contributed by atoms with Crippen LogP contribution in [0, 0.1) is 5.92 Å². The lowest BCUT2D eigenvalue weighted by atomic mass is 9.73. The molecule has 272 valence electrons. The number of carbonyl (C=O) groups is 3. The Morgan fingerprint density at radius 3 is 1.83 bits per heavy atom. The maximum atomic E-state index is 13.7. The summed E-state index contributed by atoms with van der Waals surface area (Å²) in [7, 11) is 0. The molecule has 52 heavy (non-hydrogen) atoms. The Morgan fingerprint density at radius 2 is 1.25 bits per heavy atom. The molecule has 6 nitrogen and oxygen atoms in total. The number of nitrogens with one attached hydrogen (secondary N) is 2. The molecule has 1 aliphatic heterocycles. The highest BCUT2D eigenvalue weighted by Crippen LogP contribution is 2.51. The zero-order valence-corrected chi connectivity index (χ0v) is 28.1. The van der Waals surface area contributed by atoms with E-state index in [9.17, 15) is 40.7 Å². The van der Waals surface area contributed by atoms with Crippen molar-refractivity contribution >= 4 is 17.7 Å². The van der Waals surface area contributed by atoms with Crippen LogP contribution < -0.4 is 10.6 Å². The number of rotatable bonds is 10. The van der Waals surface area contributed by atoms with E-state index in [-0.39, 0.29) is 24.2 Å². The van der Waals surface area contributed by atoms with Crippen LogP contribution in [0.15, 0.2) is 97.1 Å². The predicted molar refractivity (Wildman–Crippen MR) is 184 cm³/mol. The number of likely N-dealkylation sites (tertiary alicyclic amines) is 1. The summed E-state index contributed by atoms with van der Waals surface area (Å²) in [6.45, 7) is -0.481. The van der Waals surface area contributed by atoms with Crippen LogP contribution in [0.4, 0.5) is 26.3 Å². The third kappa shape index (κ3) is 7.56. The van der Waals surface area contributed by atoms with Crippen molar-refractivity contribution in [1.29, 1.82) is 0 Å². The Balaban J connectivity index is 1.04. The van der Waals surface area contributed by atoms with Crippen molar-refractivity contribution in [3.8, 4) is 22.3 Å². The molecule has 0 aromatic heterocycles. The molecule has 1 fully saturated rings. The van der Waals surface area contributed by atoms with Gasteiger partial charge in [-0.05, 0) is 83.7 Å². The minimum atomic E-state index is -4.57. The summed E-state index contributed by atoms with van der Waals surface area (Å²) in [5, 5.41) is 5.08. The lowest BCUT2D eigenvalue weighted by molar-refractivity contribution is -0.141. The van der Waals surface area contributed by atoms with Gasteiger partial charge in [-0.2, -0.15) is 26.3 Å². The number of hydrogen-bond donors (Lipinski definition) is 2. The van der Waals surface area contributed by atoms with Crippen LogP contribution in [0.5, 0.6) is 0 Å². The monoisotopic (exact) mass is 721 g/mol. The van der Waals surface area contributed by atoms with Crippen molar-refractivity contribution in [3.05, 3.63) is 119 Å². The largest absolute Gasteiger partial charge is 0.416 e. The standard InChI is InChI=1S/C40H37F6N3O3/c41-39(42,43)25-48-37(52)38(33-13-5-3-10-30(33)31-11-4-6-14-34(31)38)21-7-8-22-47-35(50)27-19-23-49(24-20-27)36(51)32-12-2-1-9-29(32)26-15-17-28(18-16-26)40(44,45)46/h1-6,9-18,27H,7-8,19-25H2,(H,47,50)(H,48,52). The van der Waals surface area contributed by atoms with Crippen LogP contribution in [-0.4, -0.2) is 55.0 Å². The highest BCUT2D eigenvalue weighted by Gasteiger charge is 2.49. The number of carbonyl (C=O) groups excluding carboxylic acids is 3.